The Morgan fingerprint density at radius 2 is 2.16 bits per heavy atom. The Bertz CT molecular complexity index is 852. The Kier molecular flexibility index (Phi) is 4.86. The van der Waals surface area contributed by atoms with Crippen molar-refractivity contribution in [3.05, 3.63) is 20.8 Å². The third kappa shape index (κ3) is 3.62. The maximum atomic E-state index is 12.5. The number of fused-ring (bicyclic) bond motifs is 3. The van der Waals surface area contributed by atoms with Gasteiger partial charge in [0, 0.05) is 10.9 Å². The predicted molar refractivity (Wildman–Crippen MR) is 103 cm³/mol. The smallest absolute Gasteiger partial charge is 0.260 e. The molecule has 1 saturated carbocycles. The molecule has 1 fully saturated rings. The van der Waals surface area contributed by atoms with Gasteiger partial charge in [-0.2, -0.15) is 0 Å². The number of thioether (sulfide) groups is 1. The van der Waals surface area contributed by atoms with Crippen LogP contribution in [0.1, 0.15) is 49.5 Å². The molecule has 0 spiro atoms. The van der Waals surface area contributed by atoms with Crippen molar-refractivity contribution in [3.63, 3.8) is 0 Å². The molecule has 2 heterocycles. The maximum absolute atomic E-state index is 12.5. The molecule has 0 radical (unpaired) electrons. The third-order valence-electron chi connectivity index (χ3n) is 5.20. The zero-order chi connectivity index (χ0) is 17.4. The highest BCUT2D eigenvalue weighted by Gasteiger charge is 2.23. The minimum atomic E-state index is -0.0595. The van der Waals surface area contributed by atoms with Crippen molar-refractivity contribution in [1.29, 1.82) is 0 Å². The van der Waals surface area contributed by atoms with Crippen LogP contribution in [-0.4, -0.2) is 27.7 Å². The molecule has 2 aliphatic carbocycles. The number of H-pyrrole nitrogens is 1. The van der Waals surface area contributed by atoms with Gasteiger partial charge in [0.1, 0.15) is 4.83 Å². The van der Waals surface area contributed by atoms with E-state index in [0.717, 1.165) is 42.3 Å². The number of aryl methyl sites for hydroxylation is 1. The molecule has 134 valence electrons. The summed E-state index contributed by atoms with van der Waals surface area (Å²) in [5.74, 6) is 0.999. The summed E-state index contributed by atoms with van der Waals surface area (Å²) >= 11 is 2.96. The minimum absolute atomic E-state index is 0.0268. The van der Waals surface area contributed by atoms with Gasteiger partial charge in [-0.1, -0.05) is 31.5 Å². The number of amides is 1. The second-order valence-electron chi connectivity index (χ2n) is 7.24. The Morgan fingerprint density at radius 1 is 1.36 bits per heavy atom. The van der Waals surface area contributed by atoms with Gasteiger partial charge >= 0.3 is 0 Å². The topological polar surface area (TPSA) is 74.8 Å². The number of nitrogens with one attached hydrogen (secondary N) is 2. The molecule has 1 unspecified atom stereocenters. The summed E-state index contributed by atoms with van der Waals surface area (Å²) in [7, 11) is 0. The van der Waals surface area contributed by atoms with Gasteiger partial charge in [-0.05, 0) is 43.6 Å². The van der Waals surface area contributed by atoms with Gasteiger partial charge in [0.15, 0.2) is 5.16 Å². The van der Waals surface area contributed by atoms with Crippen LogP contribution < -0.4 is 10.9 Å². The van der Waals surface area contributed by atoms with Gasteiger partial charge < -0.3 is 10.3 Å². The number of nitrogens with zero attached hydrogens (tertiary/aromatic N) is 1. The lowest BCUT2D eigenvalue weighted by molar-refractivity contribution is -0.119. The SMILES string of the molecule is CC1CCc2c(sc3nc(SCC(=O)NC4CCCC4)[nH]c(=O)c23)C1. The highest BCUT2D eigenvalue weighted by Crippen LogP contribution is 2.36. The number of carbonyl (C=O) groups excluding carboxylic acids is 1. The monoisotopic (exact) mass is 377 g/mol. The van der Waals surface area contributed by atoms with Gasteiger partial charge in [0.25, 0.3) is 5.56 Å². The van der Waals surface area contributed by atoms with E-state index in [-0.39, 0.29) is 11.5 Å². The summed E-state index contributed by atoms with van der Waals surface area (Å²) in [6.45, 7) is 2.26. The maximum Gasteiger partial charge on any atom is 0.260 e. The molecule has 25 heavy (non-hydrogen) atoms. The van der Waals surface area contributed by atoms with Gasteiger partial charge in [0.2, 0.25) is 5.91 Å². The van der Waals surface area contributed by atoms with Crippen LogP contribution in [0.4, 0.5) is 0 Å². The van der Waals surface area contributed by atoms with Crippen molar-refractivity contribution in [3.8, 4) is 0 Å². The van der Waals surface area contributed by atoms with Crippen molar-refractivity contribution >= 4 is 39.2 Å². The Balaban J connectivity index is 1.49. The van der Waals surface area contributed by atoms with Crippen LogP contribution in [-0.2, 0) is 17.6 Å². The van der Waals surface area contributed by atoms with E-state index in [0.29, 0.717) is 22.9 Å². The summed E-state index contributed by atoms with van der Waals surface area (Å²) in [6.07, 6.45) is 7.71. The molecule has 0 aromatic carbocycles. The van der Waals surface area contributed by atoms with Gasteiger partial charge in [-0.3, -0.25) is 9.59 Å². The molecular weight excluding hydrogens is 354 g/mol. The van der Waals surface area contributed by atoms with Crippen molar-refractivity contribution in [2.45, 2.75) is 63.1 Å². The van der Waals surface area contributed by atoms with Crippen LogP contribution >= 0.6 is 23.1 Å². The van der Waals surface area contributed by atoms with Crippen LogP contribution in [0.5, 0.6) is 0 Å². The molecule has 5 nitrogen and oxygen atoms in total. The highest BCUT2D eigenvalue weighted by molar-refractivity contribution is 7.99. The second-order valence-corrected chi connectivity index (χ2v) is 9.29. The first-order valence-electron chi connectivity index (χ1n) is 9.07. The van der Waals surface area contributed by atoms with Gasteiger partial charge in [-0.25, -0.2) is 4.98 Å². The number of hydrogen-bond donors (Lipinski definition) is 2. The molecular formula is C18H23N3O2S2. The van der Waals surface area contributed by atoms with Crippen molar-refractivity contribution in [2.24, 2.45) is 5.92 Å². The van der Waals surface area contributed by atoms with Crippen molar-refractivity contribution < 1.29 is 4.79 Å². The van der Waals surface area contributed by atoms with Gasteiger partial charge in [0.05, 0.1) is 11.1 Å². The lowest BCUT2D eigenvalue weighted by atomic mass is 9.89. The van der Waals surface area contributed by atoms with E-state index in [1.807, 2.05) is 0 Å². The fourth-order valence-corrected chi connectivity index (χ4v) is 5.98. The third-order valence-corrected chi connectivity index (χ3v) is 7.23. The molecule has 2 aliphatic rings. The number of thiophene rings is 1. The summed E-state index contributed by atoms with van der Waals surface area (Å²) in [4.78, 5) is 34.2. The molecule has 0 aliphatic heterocycles. The lowest BCUT2D eigenvalue weighted by Gasteiger charge is -2.17. The molecule has 0 bridgehead atoms. The van der Waals surface area contributed by atoms with E-state index >= 15 is 0 Å². The molecule has 0 saturated heterocycles. The summed E-state index contributed by atoms with van der Waals surface area (Å²) in [6, 6.07) is 0.327. The average molecular weight is 378 g/mol. The fraction of sp³-hybridized carbons (Fsp3) is 0.611. The van der Waals surface area contributed by atoms with Crippen LogP contribution in [0.25, 0.3) is 10.2 Å². The number of aromatic nitrogens is 2. The van der Waals surface area contributed by atoms with Crippen LogP contribution in [0.2, 0.25) is 0 Å². The van der Waals surface area contributed by atoms with E-state index in [9.17, 15) is 9.59 Å². The number of rotatable bonds is 4. The first kappa shape index (κ1) is 17.1. The average Bonchev–Trinajstić information content (AvgIpc) is 3.19. The minimum Gasteiger partial charge on any atom is -0.353 e. The van der Waals surface area contributed by atoms with E-state index in [1.165, 1.54) is 35.0 Å². The van der Waals surface area contributed by atoms with E-state index < -0.39 is 0 Å². The van der Waals surface area contributed by atoms with E-state index in [2.05, 4.69) is 22.2 Å². The Labute approximate surface area is 155 Å². The fourth-order valence-electron chi connectivity index (χ4n) is 3.87. The lowest BCUT2D eigenvalue weighted by Crippen LogP contribution is -2.33. The molecule has 2 N–H and O–H groups in total. The highest BCUT2D eigenvalue weighted by atomic mass is 32.2. The molecule has 4 rings (SSSR count). The van der Waals surface area contributed by atoms with E-state index in [1.54, 1.807) is 11.3 Å². The number of hydrogen-bond acceptors (Lipinski definition) is 5. The van der Waals surface area contributed by atoms with Crippen molar-refractivity contribution in [1.82, 2.24) is 15.3 Å². The predicted octanol–water partition coefficient (Wildman–Crippen LogP) is 3.26. The van der Waals surface area contributed by atoms with E-state index in [4.69, 9.17) is 0 Å². The second kappa shape index (κ2) is 7.11. The quantitative estimate of drug-likeness (QED) is 0.633. The normalized spacial score (nSPS) is 20.8. The Morgan fingerprint density at radius 3 is 2.96 bits per heavy atom. The number of carbonyl (C=O) groups is 1. The molecule has 1 amide bonds. The zero-order valence-electron chi connectivity index (χ0n) is 14.4. The standard InChI is InChI=1S/C18H23N3O2S2/c1-10-6-7-12-13(8-10)25-17-15(12)16(23)20-18(21-17)24-9-14(22)19-11-4-2-3-5-11/h10-11H,2-9H2,1H3,(H,19,22)(H,20,21,23). The molecule has 7 heteroatoms. The largest absolute Gasteiger partial charge is 0.353 e. The number of aromatic amines is 1. The first-order chi connectivity index (χ1) is 12.1. The summed E-state index contributed by atoms with van der Waals surface area (Å²) in [5.41, 5.74) is 1.14. The molecule has 2 aromatic rings. The van der Waals surface area contributed by atoms with Crippen LogP contribution in [0, 0.1) is 5.92 Å². The van der Waals surface area contributed by atoms with Gasteiger partial charge in [-0.15, -0.1) is 11.3 Å². The molecule has 2 aromatic heterocycles. The summed E-state index contributed by atoms with van der Waals surface area (Å²) < 4.78 is 0. The first-order valence-corrected chi connectivity index (χ1v) is 10.9. The molecule has 1 atom stereocenters. The van der Waals surface area contributed by atoms with Crippen molar-refractivity contribution in [2.75, 3.05) is 5.75 Å². The summed E-state index contributed by atoms with van der Waals surface area (Å²) in [5, 5.41) is 4.39. The Hall–Kier alpha value is -1.34. The van der Waals surface area contributed by atoms with Crippen LogP contribution in [0.3, 0.4) is 0 Å². The van der Waals surface area contributed by atoms with Crippen LogP contribution in [0.15, 0.2) is 9.95 Å². The zero-order valence-corrected chi connectivity index (χ0v) is 16.0.